The third-order valence-corrected chi connectivity index (χ3v) is 7.83. The van der Waals surface area contributed by atoms with Gasteiger partial charge in [-0.15, -0.1) is 0 Å². The molecule has 0 amide bonds. The molecule has 2 fully saturated rings. The predicted molar refractivity (Wildman–Crippen MR) is 132 cm³/mol. The van der Waals surface area contributed by atoms with Crippen molar-refractivity contribution in [2.45, 2.75) is 72.1 Å². The van der Waals surface area contributed by atoms with Crippen LogP contribution in [0.4, 0.5) is 5.69 Å². The first-order valence-corrected chi connectivity index (χ1v) is 12.5. The minimum absolute atomic E-state index is 0.450. The van der Waals surface area contributed by atoms with E-state index in [0.717, 1.165) is 11.8 Å². The minimum atomic E-state index is 0.450. The van der Waals surface area contributed by atoms with Gasteiger partial charge in [-0.05, 0) is 84.4 Å². The number of rotatable bonds is 5. The summed E-state index contributed by atoms with van der Waals surface area (Å²) in [6, 6.07) is 14.0. The van der Waals surface area contributed by atoms with Gasteiger partial charge in [-0.25, -0.2) is 0 Å². The van der Waals surface area contributed by atoms with Gasteiger partial charge >= 0.3 is 0 Å². The molecule has 2 aromatic carbocycles. The summed E-state index contributed by atoms with van der Waals surface area (Å²) < 4.78 is 0. The maximum Gasteiger partial charge on any atom is 0.0408 e. The zero-order valence-electron chi connectivity index (χ0n) is 19.8. The Hall–Kier alpha value is -1.54. The lowest BCUT2D eigenvalue weighted by molar-refractivity contribution is 0.169. The van der Waals surface area contributed by atoms with Crippen LogP contribution in [-0.2, 0) is 0 Å². The third-order valence-electron chi connectivity index (χ3n) is 7.83. The normalized spacial score (nSPS) is 23.8. The van der Waals surface area contributed by atoms with Crippen LogP contribution in [0.1, 0.15) is 77.7 Å². The van der Waals surface area contributed by atoms with E-state index in [1.807, 2.05) is 0 Å². The molecule has 164 valence electrons. The maximum atomic E-state index is 2.69. The van der Waals surface area contributed by atoms with Crippen molar-refractivity contribution in [2.75, 3.05) is 37.6 Å². The molecule has 0 N–H and O–H groups in total. The van der Waals surface area contributed by atoms with Crippen LogP contribution >= 0.6 is 0 Å². The Bertz CT molecular complexity index is 818. The molecule has 1 aliphatic carbocycles. The van der Waals surface area contributed by atoms with Crippen LogP contribution in [0.15, 0.2) is 36.4 Å². The van der Waals surface area contributed by atoms with Crippen LogP contribution in [0.5, 0.6) is 0 Å². The maximum absolute atomic E-state index is 2.69. The Balaban J connectivity index is 1.56. The Morgan fingerprint density at radius 3 is 2.10 bits per heavy atom. The van der Waals surface area contributed by atoms with Crippen molar-refractivity contribution in [3.05, 3.63) is 42.0 Å². The lowest BCUT2D eigenvalue weighted by Crippen LogP contribution is -2.47. The molecule has 0 atom stereocenters. The van der Waals surface area contributed by atoms with E-state index in [0.29, 0.717) is 5.41 Å². The monoisotopic (exact) mass is 406 g/mol. The molecule has 0 unspecified atom stereocenters. The molecule has 4 rings (SSSR count). The summed E-state index contributed by atoms with van der Waals surface area (Å²) in [5.74, 6) is 1.60. The SMILES string of the molecule is CCCCN1CCN(c2cc3ccccc3cc2C2CCC(C(C)(C)C)CC2)CC1. The number of hydrogen-bond donors (Lipinski definition) is 0. The summed E-state index contributed by atoms with van der Waals surface area (Å²) in [7, 11) is 0. The fraction of sp³-hybridized carbons (Fsp3) is 0.643. The summed E-state index contributed by atoms with van der Waals surface area (Å²) >= 11 is 0. The highest BCUT2D eigenvalue weighted by atomic mass is 15.3. The molecule has 2 aliphatic rings. The van der Waals surface area contributed by atoms with E-state index in [9.17, 15) is 0 Å². The molecule has 2 aromatic rings. The Morgan fingerprint density at radius 2 is 1.50 bits per heavy atom. The largest absolute Gasteiger partial charge is 0.369 e. The second-order valence-electron chi connectivity index (χ2n) is 10.9. The third kappa shape index (κ3) is 4.85. The molecule has 0 bridgehead atoms. The van der Waals surface area contributed by atoms with Crippen molar-refractivity contribution >= 4 is 16.5 Å². The van der Waals surface area contributed by atoms with Gasteiger partial charge in [-0.1, -0.05) is 58.4 Å². The summed E-state index contributed by atoms with van der Waals surface area (Å²) in [6.07, 6.45) is 8.09. The molecule has 0 spiro atoms. The van der Waals surface area contributed by atoms with E-state index < -0.39 is 0 Å². The second-order valence-corrected chi connectivity index (χ2v) is 10.9. The van der Waals surface area contributed by atoms with Crippen LogP contribution in [0.25, 0.3) is 10.8 Å². The molecular formula is C28H42N2. The highest BCUT2D eigenvalue weighted by Crippen LogP contribution is 2.46. The van der Waals surface area contributed by atoms with Gasteiger partial charge in [-0.3, -0.25) is 4.90 Å². The summed E-state index contributed by atoms with van der Waals surface area (Å²) in [5.41, 5.74) is 3.61. The van der Waals surface area contributed by atoms with Gasteiger partial charge in [0, 0.05) is 31.9 Å². The van der Waals surface area contributed by atoms with Gasteiger partial charge in [0.25, 0.3) is 0 Å². The van der Waals surface area contributed by atoms with E-state index in [-0.39, 0.29) is 0 Å². The minimum Gasteiger partial charge on any atom is -0.369 e. The van der Waals surface area contributed by atoms with Gasteiger partial charge in [0.1, 0.15) is 0 Å². The molecular weight excluding hydrogens is 364 g/mol. The first kappa shape index (κ1) is 21.7. The Kier molecular flexibility index (Phi) is 6.72. The Morgan fingerprint density at radius 1 is 0.867 bits per heavy atom. The quantitative estimate of drug-likeness (QED) is 0.523. The number of piperazine rings is 1. The molecule has 2 nitrogen and oxygen atoms in total. The zero-order chi connectivity index (χ0) is 21.1. The standard InChI is InChI=1S/C28H42N2/c1-5-6-15-29-16-18-30(19-17-29)27-21-24-10-8-7-9-23(24)20-26(27)22-11-13-25(14-12-22)28(2,3)4/h7-10,20-22,25H,5-6,11-19H2,1-4H3. The lowest BCUT2D eigenvalue weighted by Gasteiger charge is -2.40. The van der Waals surface area contributed by atoms with E-state index in [1.165, 1.54) is 87.7 Å². The number of unbranched alkanes of at least 4 members (excludes halogenated alkanes) is 1. The average Bonchev–Trinajstić information content (AvgIpc) is 2.76. The highest BCUT2D eigenvalue weighted by molar-refractivity contribution is 5.88. The average molecular weight is 407 g/mol. The Labute approximate surface area is 184 Å². The summed E-state index contributed by atoms with van der Waals surface area (Å²) in [6.45, 7) is 15.6. The fourth-order valence-corrected chi connectivity index (χ4v) is 5.71. The zero-order valence-corrected chi connectivity index (χ0v) is 19.8. The number of fused-ring (bicyclic) bond motifs is 1. The van der Waals surface area contributed by atoms with Gasteiger partial charge in [-0.2, -0.15) is 0 Å². The van der Waals surface area contributed by atoms with E-state index in [1.54, 1.807) is 5.56 Å². The molecule has 0 radical (unpaired) electrons. The van der Waals surface area contributed by atoms with Crippen molar-refractivity contribution in [2.24, 2.45) is 11.3 Å². The van der Waals surface area contributed by atoms with Gasteiger partial charge in [0.2, 0.25) is 0 Å². The topological polar surface area (TPSA) is 6.48 Å². The predicted octanol–water partition coefficient (Wildman–Crippen LogP) is 7.08. The van der Waals surface area contributed by atoms with Crippen molar-refractivity contribution < 1.29 is 0 Å². The van der Waals surface area contributed by atoms with Crippen molar-refractivity contribution in [3.63, 3.8) is 0 Å². The lowest BCUT2D eigenvalue weighted by atomic mass is 9.68. The molecule has 0 aromatic heterocycles. The summed E-state index contributed by atoms with van der Waals surface area (Å²) in [5, 5.41) is 2.81. The number of anilines is 1. The van der Waals surface area contributed by atoms with Crippen LogP contribution < -0.4 is 4.90 Å². The van der Waals surface area contributed by atoms with Crippen molar-refractivity contribution in [3.8, 4) is 0 Å². The van der Waals surface area contributed by atoms with Crippen LogP contribution in [0, 0.1) is 11.3 Å². The molecule has 30 heavy (non-hydrogen) atoms. The van der Waals surface area contributed by atoms with E-state index in [4.69, 9.17) is 0 Å². The fourth-order valence-electron chi connectivity index (χ4n) is 5.71. The molecule has 2 heteroatoms. The van der Waals surface area contributed by atoms with Crippen molar-refractivity contribution in [1.29, 1.82) is 0 Å². The molecule has 1 aliphatic heterocycles. The van der Waals surface area contributed by atoms with E-state index in [2.05, 4.69) is 73.9 Å². The molecule has 1 heterocycles. The number of benzene rings is 2. The number of hydrogen-bond acceptors (Lipinski definition) is 2. The van der Waals surface area contributed by atoms with Gasteiger partial charge < -0.3 is 4.90 Å². The van der Waals surface area contributed by atoms with Crippen molar-refractivity contribution in [1.82, 2.24) is 4.90 Å². The van der Waals surface area contributed by atoms with Gasteiger partial charge in [0.05, 0.1) is 0 Å². The molecule has 1 saturated carbocycles. The summed E-state index contributed by atoms with van der Waals surface area (Å²) in [4.78, 5) is 5.36. The van der Waals surface area contributed by atoms with Crippen LogP contribution in [0.3, 0.4) is 0 Å². The smallest absolute Gasteiger partial charge is 0.0408 e. The van der Waals surface area contributed by atoms with Crippen LogP contribution in [0.2, 0.25) is 0 Å². The number of nitrogens with zero attached hydrogens (tertiary/aromatic N) is 2. The first-order chi connectivity index (χ1) is 14.5. The highest BCUT2D eigenvalue weighted by Gasteiger charge is 2.32. The van der Waals surface area contributed by atoms with Crippen LogP contribution in [-0.4, -0.2) is 37.6 Å². The molecule has 1 saturated heterocycles. The second kappa shape index (κ2) is 9.30. The van der Waals surface area contributed by atoms with Gasteiger partial charge in [0.15, 0.2) is 0 Å². The van der Waals surface area contributed by atoms with E-state index >= 15 is 0 Å². The first-order valence-electron chi connectivity index (χ1n) is 12.5.